The van der Waals surface area contributed by atoms with Crippen LogP contribution in [0.5, 0.6) is 0 Å². The van der Waals surface area contributed by atoms with Gasteiger partial charge in [-0.2, -0.15) is 5.10 Å². The maximum Gasteiger partial charge on any atom is 0.340 e. The molecule has 0 saturated heterocycles. The fraction of sp³-hybridized carbons (Fsp3) is 0.200. The second-order valence-electron chi connectivity index (χ2n) is 3.19. The highest BCUT2D eigenvalue weighted by Crippen LogP contribution is 2.22. The van der Waals surface area contributed by atoms with Gasteiger partial charge in [-0.1, -0.05) is 11.6 Å². The molecule has 84 valence electrons. The number of aromatic nitrogens is 3. The van der Waals surface area contributed by atoms with Gasteiger partial charge in [-0.05, 0) is 6.07 Å². The van der Waals surface area contributed by atoms with Crippen molar-refractivity contribution in [3.8, 4) is 5.82 Å². The zero-order chi connectivity index (χ0) is 11.7. The van der Waals surface area contributed by atoms with Crippen LogP contribution in [0.1, 0.15) is 10.4 Å². The predicted octanol–water partition coefficient (Wildman–Crippen LogP) is 1.65. The molecule has 2 aromatic rings. The maximum atomic E-state index is 11.4. The highest BCUT2D eigenvalue weighted by atomic mass is 35.5. The van der Waals surface area contributed by atoms with Crippen LogP contribution in [0.3, 0.4) is 0 Å². The van der Waals surface area contributed by atoms with Gasteiger partial charge >= 0.3 is 5.97 Å². The first-order chi connectivity index (χ1) is 7.65. The van der Waals surface area contributed by atoms with Gasteiger partial charge in [0.05, 0.1) is 18.9 Å². The van der Waals surface area contributed by atoms with Crippen LogP contribution < -0.4 is 0 Å². The van der Waals surface area contributed by atoms with Gasteiger partial charge in [-0.3, -0.25) is 9.25 Å². The van der Waals surface area contributed by atoms with Crippen molar-refractivity contribution in [3.63, 3.8) is 0 Å². The van der Waals surface area contributed by atoms with Gasteiger partial charge in [-0.25, -0.2) is 4.79 Å². The number of carbonyl (C=O) groups is 1. The van der Waals surface area contributed by atoms with Gasteiger partial charge in [0.1, 0.15) is 11.0 Å². The van der Waals surface area contributed by atoms with Gasteiger partial charge in [0.15, 0.2) is 0 Å². The van der Waals surface area contributed by atoms with Crippen LogP contribution in [0.25, 0.3) is 5.82 Å². The maximum absolute atomic E-state index is 11.4. The minimum absolute atomic E-state index is 0.315. The number of rotatable bonds is 2. The topological polar surface area (TPSA) is 49.1 Å². The monoisotopic (exact) mass is 239 g/mol. The Labute approximate surface area is 97.2 Å². The average molecular weight is 240 g/mol. The molecule has 0 bridgehead atoms. The van der Waals surface area contributed by atoms with E-state index in [-0.39, 0.29) is 0 Å². The van der Waals surface area contributed by atoms with Crippen molar-refractivity contribution in [2.75, 3.05) is 7.11 Å². The zero-order valence-electron chi connectivity index (χ0n) is 8.85. The average Bonchev–Trinajstić information content (AvgIpc) is 2.84. The Balaban J connectivity index is 2.49. The molecule has 0 aliphatic heterocycles. The van der Waals surface area contributed by atoms with Crippen LogP contribution in [-0.2, 0) is 11.8 Å². The summed E-state index contributed by atoms with van der Waals surface area (Å²) in [6, 6.07) is 3.41. The standard InChI is InChI=1S/C10H10ClN3O2/c1-13-8(3-5-12-13)14-6-4-7(9(14)11)10(15)16-2/h3-6H,1-2H3. The number of carbonyl (C=O) groups excluding carboxylic acids is 1. The van der Waals surface area contributed by atoms with Crippen molar-refractivity contribution < 1.29 is 9.53 Å². The summed E-state index contributed by atoms with van der Waals surface area (Å²) < 4.78 is 7.95. The summed E-state index contributed by atoms with van der Waals surface area (Å²) in [4.78, 5) is 11.4. The zero-order valence-corrected chi connectivity index (χ0v) is 9.60. The molecule has 0 aromatic carbocycles. The Morgan fingerprint density at radius 3 is 2.81 bits per heavy atom. The van der Waals surface area contributed by atoms with Crippen molar-refractivity contribution in [1.82, 2.24) is 14.3 Å². The van der Waals surface area contributed by atoms with Crippen molar-refractivity contribution in [1.29, 1.82) is 0 Å². The van der Waals surface area contributed by atoms with Crippen LogP contribution in [-0.4, -0.2) is 27.4 Å². The van der Waals surface area contributed by atoms with E-state index in [0.717, 1.165) is 5.82 Å². The normalized spacial score (nSPS) is 10.4. The van der Waals surface area contributed by atoms with Crippen molar-refractivity contribution in [2.45, 2.75) is 0 Å². The summed E-state index contributed by atoms with van der Waals surface area (Å²) in [5.74, 6) is 0.325. The van der Waals surface area contributed by atoms with Gasteiger partial charge < -0.3 is 4.74 Å². The van der Waals surface area contributed by atoms with E-state index >= 15 is 0 Å². The molecule has 0 fully saturated rings. The Hall–Kier alpha value is -1.75. The molecule has 0 aliphatic rings. The molecular formula is C10H10ClN3O2. The first kappa shape index (κ1) is 10.8. The van der Waals surface area contributed by atoms with Gasteiger partial charge in [0.2, 0.25) is 0 Å². The molecular weight excluding hydrogens is 230 g/mol. The molecule has 2 rings (SSSR count). The number of hydrogen-bond donors (Lipinski definition) is 0. The minimum atomic E-state index is -0.453. The lowest BCUT2D eigenvalue weighted by Crippen LogP contribution is -2.04. The Kier molecular flexibility index (Phi) is 2.70. The third kappa shape index (κ3) is 1.59. The van der Waals surface area contributed by atoms with E-state index in [0.29, 0.717) is 10.7 Å². The van der Waals surface area contributed by atoms with Gasteiger partial charge in [-0.15, -0.1) is 0 Å². The van der Waals surface area contributed by atoms with E-state index in [9.17, 15) is 4.79 Å². The lowest BCUT2D eigenvalue weighted by Gasteiger charge is -2.05. The summed E-state index contributed by atoms with van der Waals surface area (Å²) in [5, 5.41) is 4.34. The molecule has 0 N–H and O–H groups in total. The van der Waals surface area contributed by atoms with Gasteiger partial charge in [0.25, 0.3) is 0 Å². The van der Waals surface area contributed by atoms with Crippen molar-refractivity contribution in [2.24, 2.45) is 7.05 Å². The lowest BCUT2D eigenvalue weighted by atomic mass is 10.3. The highest BCUT2D eigenvalue weighted by Gasteiger charge is 2.16. The second kappa shape index (κ2) is 4.02. The van der Waals surface area contributed by atoms with E-state index in [2.05, 4.69) is 9.84 Å². The number of ether oxygens (including phenoxy) is 1. The third-order valence-electron chi connectivity index (χ3n) is 2.27. The molecule has 0 aliphatic carbocycles. The minimum Gasteiger partial charge on any atom is -0.465 e. The number of hydrogen-bond acceptors (Lipinski definition) is 3. The Morgan fingerprint density at radius 1 is 1.50 bits per heavy atom. The van der Waals surface area contributed by atoms with E-state index < -0.39 is 5.97 Å². The van der Waals surface area contributed by atoms with Gasteiger partial charge in [0, 0.05) is 19.3 Å². The summed E-state index contributed by atoms with van der Waals surface area (Å²) >= 11 is 6.08. The van der Waals surface area contributed by atoms with E-state index in [1.165, 1.54) is 7.11 Å². The third-order valence-corrected chi connectivity index (χ3v) is 2.66. The van der Waals surface area contributed by atoms with E-state index in [4.69, 9.17) is 11.6 Å². The number of halogens is 1. The summed E-state index contributed by atoms with van der Waals surface area (Å²) in [6.45, 7) is 0. The molecule has 0 spiro atoms. The van der Waals surface area contributed by atoms with Crippen LogP contribution in [0.2, 0.25) is 5.15 Å². The van der Waals surface area contributed by atoms with Crippen LogP contribution in [0.4, 0.5) is 0 Å². The smallest absolute Gasteiger partial charge is 0.340 e. The van der Waals surface area contributed by atoms with Crippen molar-refractivity contribution in [3.05, 3.63) is 35.2 Å². The predicted molar refractivity (Wildman–Crippen MR) is 58.9 cm³/mol. The quantitative estimate of drug-likeness (QED) is 0.749. The summed E-state index contributed by atoms with van der Waals surface area (Å²) in [5.41, 5.74) is 0.338. The fourth-order valence-corrected chi connectivity index (χ4v) is 1.74. The van der Waals surface area contributed by atoms with E-state index in [1.807, 2.05) is 0 Å². The highest BCUT2D eigenvalue weighted by molar-refractivity contribution is 6.32. The SMILES string of the molecule is COC(=O)c1ccn(-c2ccnn2C)c1Cl. The van der Waals surface area contributed by atoms with Crippen LogP contribution >= 0.6 is 11.6 Å². The van der Waals surface area contributed by atoms with Crippen LogP contribution in [0.15, 0.2) is 24.5 Å². The molecule has 6 heteroatoms. The van der Waals surface area contributed by atoms with Crippen LogP contribution in [0, 0.1) is 0 Å². The molecule has 0 unspecified atom stereocenters. The molecule has 5 nitrogen and oxygen atoms in total. The second-order valence-corrected chi connectivity index (χ2v) is 3.55. The first-order valence-electron chi connectivity index (χ1n) is 4.58. The molecule has 0 atom stereocenters. The lowest BCUT2D eigenvalue weighted by molar-refractivity contribution is 0.0601. The number of aryl methyl sites for hydroxylation is 1. The summed E-state index contributed by atoms with van der Waals surface area (Å²) in [7, 11) is 3.11. The fourth-order valence-electron chi connectivity index (χ4n) is 1.46. The molecule has 2 aromatic heterocycles. The molecule has 0 radical (unpaired) electrons. The molecule has 16 heavy (non-hydrogen) atoms. The van der Waals surface area contributed by atoms with E-state index in [1.54, 1.807) is 40.8 Å². The van der Waals surface area contributed by atoms with Crippen molar-refractivity contribution >= 4 is 17.6 Å². The Morgan fingerprint density at radius 2 is 2.25 bits per heavy atom. The first-order valence-corrected chi connectivity index (χ1v) is 4.96. The molecule has 2 heterocycles. The molecule has 0 amide bonds. The summed E-state index contributed by atoms with van der Waals surface area (Å²) in [6.07, 6.45) is 3.36. The number of methoxy groups -OCH3 is 1. The molecule has 0 saturated carbocycles. The number of nitrogens with zero attached hydrogens (tertiary/aromatic N) is 3. The number of esters is 1. The Bertz CT molecular complexity index is 530. The largest absolute Gasteiger partial charge is 0.465 e.